The summed E-state index contributed by atoms with van der Waals surface area (Å²) in [5.74, 6) is 0.699. The van der Waals surface area contributed by atoms with Crippen molar-refractivity contribution in [3.05, 3.63) is 115 Å². The van der Waals surface area contributed by atoms with Gasteiger partial charge >= 0.3 is 0 Å². The van der Waals surface area contributed by atoms with E-state index in [-0.39, 0.29) is 20.1 Å². The minimum atomic E-state index is -1.49. The van der Waals surface area contributed by atoms with E-state index in [0.717, 1.165) is 17.0 Å². The van der Waals surface area contributed by atoms with Crippen molar-refractivity contribution in [2.24, 2.45) is 0 Å². The zero-order valence-corrected chi connectivity index (χ0v) is 28.7. The van der Waals surface area contributed by atoms with E-state index in [2.05, 4.69) is 79.2 Å². The molecule has 1 saturated carbocycles. The third-order valence-corrected chi connectivity index (χ3v) is 11.2. The van der Waals surface area contributed by atoms with Crippen LogP contribution in [-0.4, -0.2) is 18.0 Å². The molecule has 215 valence electrons. The molecular formula is C37H36IrN2SSi-2. The zero-order chi connectivity index (χ0) is 28.2. The Kier molecular flexibility index (Phi) is 9.85. The topological polar surface area (TPSA) is 25.8 Å². The van der Waals surface area contributed by atoms with Gasteiger partial charge in [0.15, 0.2) is 0 Å². The fraction of sp³-hybridized carbons (Fsp3) is 0.243. The van der Waals surface area contributed by atoms with Gasteiger partial charge in [0, 0.05) is 45.3 Å². The van der Waals surface area contributed by atoms with Crippen LogP contribution < -0.4 is 5.19 Å². The molecule has 0 spiro atoms. The Balaban J connectivity index is 0.000000228. The predicted octanol–water partition coefficient (Wildman–Crippen LogP) is 10.1. The summed E-state index contributed by atoms with van der Waals surface area (Å²) in [5.41, 5.74) is 5.75. The second-order valence-electron chi connectivity index (χ2n) is 11.9. The molecule has 3 aromatic carbocycles. The second-order valence-corrected chi connectivity index (χ2v) is 18.0. The van der Waals surface area contributed by atoms with E-state index in [1.54, 1.807) is 6.20 Å². The SMILES string of the molecule is C[Si](C)(C)c1c[c-]c(-c2cc(C3CCCCC3)ccn2)c2sc3ccccc3c12.[Ir].[c-]1ccccc1-c1ccccn1. The van der Waals surface area contributed by atoms with Crippen molar-refractivity contribution in [3.63, 3.8) is 0 Å². The van der Waals surface area contributed by atoms with Crippen molar-refractivity contribution in [2.45, 2.75) is 57.7 Å². The van der Waals surface area contributed by atoms with Gasteiger partial charge in [-0.05, 0) is 58.4 Å². The Bertz CT molecular complexity index is 1720. The molecule has 1 radical (unpaired) electrons. The van der Waals surface area contributed by atoms with Crippen LogP contribution >= 0.6 is 11.3 Å². The van der Waals surface area contributed by atoms with Crippen LogP contribution in [0.4, 0.5) is 0 Å². The van der Waals surface area contributed by atoms with Gasteiger partial charge in [-0.25, -0.2) is 0 Å². The molecule has 0 N–H and O–H groups in total. The van der Waals surface area contributed by atoms with E-state index in [4.69, 9.17) is 4.98 Å². The standard InChI is InChI=1S/C26H28NSSi.C11H8N.Ir/c1-29(2,3)24-14-13-20(26-25(24)21-11-7-8-12-23(21)28-26)22-17-19(15-16-27-22)18-9-5-4-6-10-18;1-2-6-10(7-3-1)11-8-4-5-9-12-11;/h7-8,11-12,14-18H,4-6,9-10H2,1-3H3;1-6,8-9H;/q2*-1;. The summed E-state index contributed by atoms with van der Waals surface area (Å²) in [6.45, 7) is 7.30. The zero-order valence-electron chi connectivity index (χ0n) is 24.5. The third-order valence-electron chi connectivity index (χ3n) is 8.03. The fourth-order valence-electron chi connectivity index (χ4n) is 5.90. The van der Waals surface area contributed by atoms with E-state index in [0.29, 0.717) is 5.92 Å². The monoisotopic (exact) mass is 761 g/mol. The fourth-order valence-corrected chi connectivity index (χ4v) is 8.74. The van der Waals surface area contributed by atoms with Gasteiger partial charge < -0.3 is 9.97 Å². The number of hydrogen-bond donors (Lipinski definition) is 0. The number of pyridine rings is 2. The molecule has 1 fully saturated rings. The summed E-state index contributed by atoms with van der Waals surface area (Å²) in [5, 5.41) is 4.35. The Hall–Kier alpha value is -2.95. The first-order valence-corrected chi connectivity index (χ1v) is 19.0. The third kappa shape index (κ3) is 6.66. The van der Waals surface area contributed by atoms with Crippen LogP contribution in [0.25, 0.3) is 42.7 Å². The first-order valence-electron chi connectivity index (χ1n) is 14.7. The van der Waals surface area contributed by atoms with E-state index in [1.165, 1.54) is 68.6 Å². The maximum atomic E-state index is 4.80. The number of hydrogen-bond acceptors (Lipinski definition) is 3. The summed E-state index contributed by atoms with van der Waals surface area (Å²) in [6.07, 6.45) is 10.6. The molecule has 1 aliphatic rings. The van der Waals surface area contributed by atoms with Gasteiger partial charge in [0.1, 0.15) is 0 Å². The smallest absolute Gasteiger partial charge is 0.0300 e. The van der Waals surface area contributed by atoms with Gasteiger partial charge in [0.05, 0.1) is 0 Å². The summed E-state index contributed by atoms with van der Waals surface area (Å²) < 4.78 is 2.73. The average Bonchev–Trinajstić information content (AvgIpc) is 3.41. The van der Waals surface area contributed by atoms with Gasteiger partial charge in [-0.1, -0.05) is 86.3 Å². The van der Waals surface area contributed by atoms with E-state index in [1.807, 2.05) is 60.0 Å². The normalized spacial score (nSPS) is 13.8. The van der Waals surface area contributed by atoms with Crippen molar-refractivity contribution in [3.8, 4) is 22.5 Å². The maximum absolute atomic E-state index is 4.80. The minimum Gasteiger partial charge on any atom is -0.305 e. The molecule has 3 aromatic heterocycles. The Morgan fingerprint density at radius 1 is 0.786 bits per heavy atom. The predicted molar refractivity (Wildman–Crippen MR) is 179 cm³/mol. The molecule has 5 heteroatoms. The van der Waals surface area contributed by atoms with Crippen molar-refractivity contribution in [1.82, 2.24) is 9.97 Å². The van der Waals surface area contributed by atoms with Crippen molar-refractivity contribution < 1.29 is 20.1 Å². The number of nitrogens with zero attached hydrogens (tertiary/aromatic N) is 2. The van der Waals surface area contributed by atoms with Crippen LogP contribution in [0.15, 0.2) is 97.3 Å². The average molecular weight is 761 g/mol. The first-order chi connectivity index (χ1) is 20.0. The quantitative estimate of drug-likeness (QED) is 0.132. The summed E-state index contributed by atoms with van der Waals surface area (Å²) in [7, 11) is -1.49. The molecule has 2 nitrogen and oxygen atoms in total. The van der Waals surface area contributed by atoms with E-state index >= 15 is 0 Å². The number of rotatable bonds is 4. The summed E-state index contributed by atoms with van der Waals surface area (Å²) in [6, 6.07) is 36.2. The number of aromatic nitrogens is 2. The molecule has 3 heterocycles. The Morgan fingerprint density at radius 2 is 1.55 bits per heavy atom. The van der Waals surface area contributed by atoms with Gasteiger partial charge in [-0.15, -0.1) is 58.8 Å². The molecular weight excluding hydrogens is 725 g/mol. The molecule has 0 unspecified atom stereocenters. The molecule has 0 saturated heterocycles. The number of thiophene rings is 1. The molecule has 0 atom stereocenters. The van der Waals surface area contributed by atoms with E-state index in [9.17, 15) is 0 Å². The largest absolute Gasteiger partial charge is 0.305 e. The van der Waals surface area contributed by atoms with Gasteiger partial charge in [0.25, 0.3) is 0 Å². The molecule has 0 bridgehead atoms. The summed E-state index contributed by atoms with van der Waals surface area (Å²) in [4.78, 5) is 9.02. The minimum absolute atomic E-state index is 0. The van der Waals surface area contributed by atoms with Crippen LogP contribution in [0, 0.1) is 12.1 Å². The van der Waals surface area contributed by atoms with Crippen LogP contribution in [0.5, 0.6) is 0 Å². The first kappa shape index (κ1) is 30.5. The van der Waals surface area contributed by atoms with Crippen molar-refractivity contribution >= 4 is 44.8 Å². The summed E-state index contributed by atoms with van der Waals surface area (Å²) >= 11 is 1.91. The van der Waals surface area contributed by atoms with Gasteiger partial charge in [-0.2, -0.15) is 11.3 Å². The number of benzene rings is 3. The van der Waals surface area contributed by atoms with E-state index < -0.39 is 8.07 Å². The molecule has 0 aliphatic heterocycles. The van der Waals surface area contributed by atoms with Crippen LogP contribution in [0.3, 0.4) is 0 Å². The number of fused-ring (bicyclic) bond motifs is 3. The molecule has 7 rings (SSSR count). The Labute approximate surface area is 268 Å². The van der Waals surface area contributed by atoms with Crippen molar-refractivity contribution in [1.29, 1.82) is 0 Å². The van der Waals surface area contributed by atoms with Gasteiger partial charge in [-0.3, -0.25) is 0 Å². The molecule has 42 heavy (non-hydrogen) atoms. The van der Waals surface area contributed by atoms with Crippen LogP contribution in [0.1, 0.15) is 43.6 Å². The second kappa shape index (κ2) is 13.6. The van der Waals surface area contributed by atoms with Gasteiger partial charge in [0.2, 0.25) is 0 Å². The maximum Gasteiger partial charge on any atom is 0.0300 e. The van der Waals surface area contributed by atoms with Crippen LogP contribution in [0.2, 0.25) is 19.6 Å². The van der Waals surface area contributed by atoms with Crippen LogP contribution in [-0.2, 0) is 20.1 Å². The molecule has 0 amide bonds. The Morgan fingerprint density at radius 3 is 2.29 bits per heavy atom. The van der Waals surface area contributed by atoms with Crippen molar-refractivity contribution in [2.75, 3.05) is 0 Å². The molecule has 6 aromatic rings. The molecule has 1 aliphatic carbocycles.